The van der Waals surface area contributed by atoms with Gasteiger partial charge in [0, 0.05) is 0 Å². The Kier molecular flexibility index (Phi) is 11.0. The fourth-order valence-electron chi connectivity index (χ4n) is 6.03. The Morgan fingerprint density at radius 2 is 1.69 bits per heavy atom. The molecule has 0 radical (unpaired) electrons. The third-order valence-corrected chi connectivity index (χ3v) is 13.8. The zero-order chi connectivity index (χ0) is 26.4. The number of hydrogen-bond acceptors (Lipinski definition) is 6. The van der Waals surface area contributed by atoms with Crippen LogP contribution in [0.3, 0.4) is 0 Å². The average molecular weight is 509 g/mol. The first kappa shape index (κ1) is 30.0. The molecule has 1 aliphatic rings. The summed E-state index contributed by atoms with van der Waals surface area (Å²) in [6, 6.07) is 7.82. The number of aldehydes is 1. The summed E-state index contributed by atoms with van der Waals surface area (Å²) >= 11 is 0. The molecular weight excluding hydrogens is 460 g/mol. The summed E-state index contributed by atoms with van der Waals surface area (Å²) in [4.78, 5) is 12.0. The van der Waals surface area contributed by atoms with Crippen LogP contribution in [0.2, 0.25) is 16.6 Å². The van der Waals surface area contributed by atoms with Crippen molar-refractivity contribution in [3.8, 4) is 5.75 Å². The smallest absolute Gasteiger partial charge is 0.200 e. The van der Waals surface area contributed by atoms with E-state index in [0.717, 1.165) is 17.6 Å². The minimum Gasteiger partial charge on any atom is -0.497 e. The largest absolute Gasteiger partial charge is 0.497 e. The van der Waals surface area contributed by atoms with Crippen LogP contribution in [0.1, 0.15) is 73.8 Å². The SMILES string of the molecule is COc1ccc(CO[C@H]2C[C@@H](C)C[C@@](C)(O)[C@H](C=O)O[C@@H]2CO[Si](C(C)C)(C(C)C)C(C)C)cc1. The highest BCUT2D eigenvalue weighted by Crippen LogP contribution is 2.43. The Bertz CT molecular complexity index is 754. The van der Waals surface area contributed by atoms with E-state index in [1.165, 1.54) is 0 Å². The van der Waals surface area contributed by atoms with E-state index in [4.69, 9.17) is 18.6 Å². The van der Waals surface area contributed by atoms with Crippen LogP contribution >= 0.6 is 0 Å². The molecule has 0 saturated carbocycles. The van der Waals surface area contributed by atoms with Crippen molar-refractivity contribution < 1.29 is 28.5 Å². The first-order valence-corrected chi connectivity index (χ1v) is 15.2. The maximum atomic E-state index is 12.0. The second-order valence-corrected chi connectivity index (χ2v) is 16.9. The van der Waals surface area contributed by atoms with Crippen molar-refractivity contribution in [3.63, 3.8) is 0 Å². The molecule has 7 heteroatoms. The molecule has 1 fully saturated rings. The van der Waals surface area contributed by atoms with Crippen molar-refractivity contribution in [3.05, 3.63) is 29.8 Å². The Hall–Kier alpha value is -1.25. The van der Waals surface area contributed by atoms with Crippen molar-refractivity contribution >= 4 is 14.6 Å². The van der Waals surface area contributed by atoms with Gasteiger partial charge in [0.15, 0.2) is 14.6 Å². The third kappa shape index (κ3) is 7.38. The summed E-state index contributed by atoms with van der Waals surface area (Å²) in [5.74, 6) is 0.957. The minimum absolute atomic E-state index is 0.155. The third-order valence-electron chi connectivity index (χ3n) is 7.70. The number of ether oxygens (including phenoxy) is 3. The normalized spacial score (nSPS) is 28.3. The van der Waals surface area contributed by atoms with Gasteiger partial charge in [-0.3, -0.25) is 0 Å². The Morgan fingerprint density at radius 1 is 1.11 bits per heavy atom. The predicted octanol–water partition coefficient (Wildman–Crippen LogP) is 5.91. The number of rotatable bonds is 11. The van der Waals surface area contributed by atoms with Crippen LogP contribution in [0, 0.1) is 5.92 Å². The van der Waals surface area contributed by atoms with Crippen LogP contribution in [-0.4, -0.2) is 57.3 Å². The van der Waals surface area contributed by atoms with Gasteiger partial charge in [-0.1, -0.05) is 60.6 Å². The molecule has 1 aromatic rings. The predicted molar refractivity (Wildman–Crippen MR) is 142 cm³/mol. The number of carbonyl (C=O) groups excluding carboxylic acids is 1. The van der Waals surface area contributed by atoms with Gasteiger partial charge in [0.25, 0.3) is 0 Å². The van der Waals surface area contributed by atoms with Crippen molar-refractivity contribution in [1.29, 1.82) is 0 Å². The highest BCUT2D eigenvalue weighted by atomic mass is 28.4. The monoisotopic (exact) mass is 508 g/mol. The van der Waals surface area contributed by atoms with Crippen molar-refractivity contribution in [1.82, 2.24) is 0 Å². The highest BCUT2D eigenvalue weighted by molar-refractivity contribution is 6.77. The van der Waals surface area contributed by atoms with Crippen LogP contribution in [0.4, 0.5) is 0 Å². The number of benzene rings is 1. The van der Waals surface area contributed by atoms with Gasteiger partial charge in [-0.25, -0.2) is 0 Å². The first-order chi connectivity index (χ1) is 16.4. The molecule has 35 heavy (non-hydrogen) atoms. The molecule has 0 aromatic heterocycles. The minimum atomic E-state index is -2.15. The molecule has 5 atom stereocenters. The molecule has 6 nitrogen and oxygen atoms in total. The van der Waals surface area contributed by atoms with Gasteiger partial charge in [-0.15, -0.1) is 0 Å². The van der Waals surface area contributed by atoms with E-state index in [2.05, 4.69) is 48.5 Å². The molecule has 1 saturated heterocycles. The van der Waals surface area contributed by atoms with Crippen molar-refractivity contribution in [2.24, 2.45) is 5.92 Å². The molecule has 2 rings (SSSR count). The van der Waals surface area contributed by atoms with Crippen molar-refractivity contribution in [2.45, 2.75) is 115 Å². The molecule has 1 heterocycles. The first-order valence-electron chi connectivity index (χ1n) is 13.1. The lowest BCUT2D eigenvalue weighted by molar-refractivity contribution is -0.190. The Balaban J connectivity index is 2.32. The molecule has 1 N–H and O–H groups in total. The van der Waals surface area contributed by atoms with Crippen LogP contribution in [-0.2, 0) is 25.3 Å². The molecule has 0 aliphatic carbocycles. The van der Waals surface area contributed by atoms with E-state index in [-0.39, 0.29) is 12.0 Å². The van der Waals surface area contributed by atoms with Gasteiger partial charge in [0.1, 0.15) is 18.0 Å². The number of aliphatic hydroxyl groups is 1. The lowest BCUT2D eigenvalue weighted by atomic mass is 9.83. The number of carbonyl (C=O) groups is 1. The number of methoxy groups -OCH3 is 1. The van der Waals surface area contributed by atoms with Gasteiger partial charge in [0.2, 0.25) is 0 Å². The molecule has 0 spiro atoms. The van der Waals surface area contributed by atoms with Crippen LogP contribution in [0.5, 0.6) is 5.75 Å². The topological polar surface area (TPSA) is 74.2 Å². The summed E-state index contributed by atoms with van der Waals surface area (Å²) in [5, 5.41) is 11.0. The van der Waals surface area contributed by atoms with E-state index < -0.39 is 26.1 Å². The van der Waals surface area contributed by atoms with E-state index in [9.17, 15) is 9.90 Å². The molecule has 200 valence electrons. The fourth-order valence-corrected chi connectivity index (χ4v) is 11.5. The van der Waals surface area contributed by atoms with E-state index in [1.54, 1.807) is 14.0 Å². The Morgan fingerprint density at radius 3 is 2.17 bits per heavy atom. The van der Waals surface area contributed by atoms with Crippen LogP contribution < -0.4 is 4.74 Å². The van der Waals surface area contributed by atoms with Gasteiger partial charge < -0.3 is 28.5 Å². The zero-order valence-electron chi connectivity index (χ0n) is 23.2. The molecule has 1 aromatic carbocycles. The van der Waals surface area contributed by atoms with Gasteiger partial charge >= 0.3 is 0 Å². The quantitative estimate of drug-likeness (QED) is 0.296. The lowest BCUT2D eigenvalue weighted by Crippen LogP contribution is -2.54. The molecule has 0 unspecified atom stereocenters. The molecule has 1 aliphatic heterocycles. The second-order valence-electron chi connectivity index (χ2n) is 11.5. The van der Waals surface area contributed by atoms with Gasteiger partial charge in [-0.2, -0.15) is 0 Å². The summed E-state index contributed by atoms with van der Waals surface area (Å²) in [6.45, 7) is 18.1. The van der Waals surface area contributed by atoms with E-state index >= 15 is 0 Å². The summed E-state index contributed by atoms with van der Waals surface area (Å²) in [7, 11) is -0.503. The molecule has 0 bridgehead atoms. The number of hydrogen-bond donors (Lipinski definition) is 1. The van der Waals surface area contributed by atoms with Crippen LogP contribution in [0.15, 0.2) is 24.3 Å². The lowest BCUT2D eigenvalue weighted by Gasteiger charge is -2.45. The molecular formula is C28H48O6Si. The Labute approximate surface area is 213 Å². The summed E-state index contributed by atoms with van der Waals surface area (Å²) < 4.78 is 24.9. The highest BCUT2D eigenvalue weighted by Gasteiger charge is 2.47. The maximum Gasteiger partial charge on any atom is 0.200 e. The maximum absolute atomic E-state index is 12.0. The summed E-state index contributed by atoms with van der Waals surface area (Å²) in [5.41, 5.74) is 1.09. The van der Waals surface area contributed by atoms with E-state index in [1.807, 2.05) is 24.3 Å². The summed E-state index contributed by atoms with van der Waals surface area (Å²) in [6.07, 6.45) is 0.258. The van der Waals surface area contributed by atoms with Crippen LogP contribution in [0.25, 0.3) is 0 Å². The van der Waals surface area contributed by atoms with Crippen molar-refractivity contribution in [2.75, 3.05) is 13.7 Å². The zero-order valence-corrected chi connectivity index (χ0v) is 24.2. The standard InChI is InChI=1S/C28H48O6Si/c1-19(2)35(20(3)4,21(5)6)33-18-26-25(32-17-23-10-12-24(31-9)13-11-23)14-22(7)15-28(8,30)27(16-29)34-26/h10-13,16,19-22,25-27,30H,14-15,17-18H2,1-9H3/t22-,25+,26-,27+,28-/m1/s1. The van der Waals surface area contributed by atoms with Gasteiger partial charge in [-0.05, 0) is 60.0 Å². The average Bonchev–Trinajstić information content (AvgIpc) is 2.77. The second kappa shape index (κ2) is 12.8. The van der Waals surface area contributed by atoms with E-state index in [0.29, 0.717) is 42.7 Å². The van der Waals surface area contributed by atoms with Gasteiger partial charge in [0.05, 0.1) is 32.0 Å². The fraction of sp³-hybridized carbons (Fsp3) is 0.750. The molecule has 0 amide bonds.